The van der Waals surface area contributed by atoms with Gasteiger partial charge in [-0.1, -0.05) is 6.08 Å². The van der Waals surface area contributed by atoms with Gasteiger partial charge in [-0.3, -0.25) is 14.6 Å². The van der Waals surface area contributed by atoms with Gasteiger partial charge in [-0.05, 0) is 55.0 Å². The summed E-state index contributed by atoms with van der Waals surface area (Å²) in [4.78, 5) is 28.5. The number of rotatable bonds is 7. The average Bonchev–Trinajstić information content (AvgIpc) is 2.99. The number of hydrogen-bond donors (Lipinski definition) is 0. The number of nitrogens with zero attached hydrogens (tertiary/aromatic N) is 1. The summed E-state index contributed by atoms with van der Waals surface area (Å²) in [5.74, 6) is -0.0808. The van der Waals surface area contributed by atoms with Crippen molar-refractivity contribution in [2.45, 2.75) is 26.7 Å². The molecule has 0 unspecified atom stereocenters. The summed E-state index contributed by atoms with van der Waals surface area (Å²) in [6.07, 6.45) is 3.91. The van der Waals surface area contributed by atoms with Crippen molar-refractivity contribution in [1.29, 1.82) is 0 Å². The first-order valence-corrected chi connectivity index (χ1v) is 8.24. The molecule has 0 aliphatic rings. The Labute approximate surface area is 134 Å². The van der Waals surface area contributed by atoms with Crippen LogP contribution in [0.4, 0.5) is 0 Å². The largest absolute Gasteiger partial charge is 0.294 e. The second-order valence-electron chi connectivity index (χ2n) is 4.88. The summed E-state index contributed by atoms with van der Waals surface area (Å²) >= 11 is 1.65. The van der Waals surface area contributed by atoms with Gasteiger partial charge in [0.1, 0.15) is 5.71 Å². The van der Waals surface area contributed by atoms with Crippen molar-refractivity contribution < 1.29 is 9.59 Å². The van der Waals surface area contributed by atoms with Crippen LogP contribution in [-0.4, -0.2) is 23.8 Å². The van der Waals surface area contributed by atoms with Crippen molar-refractivity contribution in [3.05, 3.63) is 47.4 Å². The zero-order valence-electron chi connectivity index (χ0n) is 12.8. The van der Waals surface area contributed by atoms with E-state index in [1.165, 1.54) is 0 Å². The monoisotopic (exact) mass is 313 g/mol. The number of fused-ring (bicyclic) bond motifs is 1. The smallest absolute Gasteiger partial charge is 0.181 e. The van der Waals surface area contributed by atoms with Gasteiger partial charge in [0.2, 0.25) is 0 Å². The van der Waals surface area contributed by atoms with Crippen LogP contribution in [-0.2, 0) is 4.79 Å². The number of thiophene rings is 1. The van der Waals surface area contributed by atoms with E-state index < -0.39 is 0 Å². The number of hydrogen-bond acceptors (Lipinski definition) is 4. The van der Waals surface area contributed by atoms with Crippen molar-refractivity contribution in [3.8, 4) is 0 Å². The second-order valence-corrected chi connectivity index (χ2v) is 5.83. The minimum Gasteiger partial charge on any atom is -0.294 e. The van der Waals surface area contributed by atoms with Crippen LogP contribution < -0.4 is 0 Å². The molecule has 0 bridgehead atoms. The van der Waals surface area contributed by atoms with E-state index in [0.29, 0.717) is 17.8 Å². The Bertz CT molecular complexity index is 740. The molecular weight excluding hydrogens is 294 g/mol. The number of aliphatic imine (C=N–C) groups is 1. The van der Waals surface area contributed by atoms with Crippen molar-refractivity contribution in [2.75, 3.05) is 6.54 Å². The van der Waals surface area contributed by atoms with Gasteiger partial charge in [-0.2, -0.15) is 0 Å². The van der Waals surface area contributed by atoms with E-state index in [2.05, 4.69) is 4.99 Å². The lowest BCUT2D eigenvalue weighted by Gasteiger charge is -2.02. The third kappa shape index (κ3) is 3.98. The van der Waals surface area contributed by atoms with Crippen LogP contribution in [0.15, 0.2) is 46.8 Å². The van der Waals surface area contributed by atoms with Crippen molar-refractivity contribution in [1.82, 2.24) is 0 Å². The molecule has 1 heterocycles. The highest BCUT2D eigenvalue weighted by molar-refractivity contribution is 7.17. The number of carbonyl (C=O) groups excluding carboxylic acids is 2. The first-order chi connectivity index (χ1) is 10.7. The molecule has 0 N–H and O–H groups in total. The van der Waals surface area contributed by atoms with E-state index in [0.717, 1.165) is 10.1 Å². The van der Waals surface area contributed by atoms with Gasteiger partial charge in [-0.25, -0.2) is 0 Å². The van der Waals surface area contributed by atoms with Crippen LogP contribution in [0.1, 0.15) is 37.0 Å². The van der Waals surface area contributed by atoms with E-state index in [1.807, 2.05) is 43.5 Å². The van der Waals surface area contributed by atoms with E-state index in [4.69, 9.17) is 0 Å². The number of allylic oxidation sites excluding steroid dienone is 2. The minimum atomic E-state index is -0.0788. The molecule has 0 saturated carbocycles. The molecule has 22 heavy (non-hydrogen) atoms. The molecule has 0 atom stereocenters. The van der Waals surface area contributed by atoms with Gasteiger partial charge in [0.15, 0.2) is 11.6 Å². The summed E-state index contributed by atoms with van der Waals surface area (Å²) < 4.78 is 1.16. The van der Waals surface area contributed by atoms with Crippen LogP contribution >= 0.6 is 11.3 Å². The SMILES string of the molecule is C/C=C\C(=NCC)C(=O)CCC(=O)c1ccc2sccc2c1. The van der Waals surface area contributed by atoms with Gasteiger partial charge < -0.3 is 0 Å². The molecule has 0 spiro atoms. The zero-order valence-corrected chi connectivity index (χ0v) is 13.7. The highest BCUT2D eigenvalue weighted by Crippen LogP contribution is 2.22. The van der Waals surface area contributed by atoms with Crippen molar-refractivity contribution in [3.63, 3.8) is 0 Å². The molecule has 0 radical (unpaired) electrons. The van der Waals surface area contributed by atoms with E-state index in [1.54, 1.807) is 23.5 Å². The molecule has 0 amide bonds. The highest BCUT2D eigenvalue weighted by Gasteiger charge is 2.13. The number of carbonyl (C=O) groups is 2. The van der Waals surface area contributed by atoms with Crippen molar-refractivity contribution in [2.24, 2.45) is 4.99 Å². The molecule has 4 heteroatoms. The molecule has 0 saturated heterocycles. The third-order valence-corrected chi connectivity index (χ3v) is 4.19. The van der Waals surface area contributed by atoms with Gasteiger partial charge in [0.25, 0.3) is 0 Å². The van der Waals surface area contributed by atoms with E-state index >= 15 is 0 Å². The molecule has 0 aliphatic carbocycles. The lowest BCUT2D eigenvalue weighted by molar-refractivity contribution is -0.112. The molecule has 0 fully saturated rings. The Balaban J connectivity index is 2.02. The quantitative estimate of drug-likeness (QED) is 0.559. The number of benzene rings is 1. The second kappa shape index (κ2) is 7.80. The zero-order chi connectivity index (χ0) is 15.9. The fourth-order valence-corrected chi connectivity index (χ4v) is 2.97. The number of ketones is 2. The maximum Gasteiger partial charge on any atom is 0.181 e. The maximum atomic E-state index is 12.2. The molecule has 114 valence electrons. The standard InChI is InChI=1S/C18H19NO2S/c1-3-5-15(19-4-2)17(21)8-7-16(20)13-6-9-18-14(12-13)10-11-22-18/h3,5-6,9-12H,4,7-8H2,1-2H3/b5-3-,19-15?. The lowest BCUT2D eigenvalue weighted by Crippen LogP contribution is -2.14. The summed E-state index contributed by atoms with van der Waals surface area (Å²) in [5, 5.41) is 3.08. The summed E-state index contributed by atoms with van der Waals surface area (Å²) in [7, 11) is 0. The van der Waals surface area contributed by atoms with E-state index in [9.17, 15) is 9.59 Å². The lowest BCUT2D eigenvalue weighted by atomic mass is 10.0. The molecule has 1 aromatic heterocycles. The normalized spacial score (nSPS) is 12.2. The average molecular weight is 313 g/mol. The Morgan fingerprint density at radius 1 is 1.23 bits per heavy atom. The molecular formula is C18H19NO2S. The Morgan fingerprint density at radius 2 is 2.05 bits per heavy atom. The Hall–Kier alpha value is -2.07. The predicted molar refractivity (Wildman–Crippen MR) is 93.2 cm³/mol. The molecule has 2 rings (SSSR count). The van der Waals surface area contributed by atoms with Crippen LogP contribution in [0.2, 0.25) is 0 Å². The molecule has 3 nitrogen and oxygen atoms in total. The van der Waals surface area contributed by atoms with Gasteiger partial charge in [0.05, 0.1) is 0 Å². The summed E-state index contributed by atoms with van der Waals surface area (Å²) in [5.41, 5.74) is 1.12. The Morgan fingerprint density at radius 3 is 2.77 bits per heavy atom. The van der Waals surface area contributed by atoms with Crippen LogP contribution in [0.25, 0.3) is 10.1 Å². The Kier molecular flexibility index (Phi) is 5.78. The summed E-state index contributed by atoms with van der Waals surface area (Å²) in [6, 6.07) is 7.68. The maximum absolute atomic E-state index is 12.2. The summed E-state index contributed by atoms with van der Waals surface area (Å²) in [6.45, 7) is 4.30. The van der Waals surface area contributed by atoms with Crippen molar-refractivity contribution >= 4 is 38.7 Å². The fourth-order valence-electron chi connectivity index (χ4n) is 2.20. The van der Waals surface area contributed by atoms with Crippen LogP contribution in [0, 0.1) is 0 Å². The first-order valence-electron chi connectivity index (χ1n) is 7.36. The molecule has 0 aliphatic heterocycles. The third-order valence-electron chi connectivity index (χ3n) is 3.29. The first kappa shape index (κ1) is 16.3. The molecule has 1 aromatic carbocycles. The van der Waals surface area contributed by atoms with Gasteiger partial charge in [-0.15, -0.1) is 11.3 Å². The minimum absolute atomic E-state index is 0.00206. The van der Waals surface area contributed by atoms with Gasteiger partial charge >= 0.3 is 0 Å². The topological polar surface area (TPSA) is 46.5 Å². The molecule has 2 aromatic rings. The van der Waals surface area contributed by atoms with Crippen LogP contribution in [0.3, 0.4) is 0 Å². The fraction of sp³-hybridized carbons (Fsp3) is 0.278. The number of Topliss-reactive ketones (excluding diaryl/α,β-unsaturated/α-hetero) is 2. The van der Waals surface area contributed by atoms with E-state index in [-0.39, 0.29) is 24.4 Å². The predicted octanol–water partition coefficient (Wildman–Crippen LogP) is 4.47. The van der Waals surface area contributed by atoms with Crippen LogP contribution in [0.5, 0.6) is 0 Å². The van der Waals surface area contributed by atoms with Gasteiger partial charge in [0, 0.05) is 29.6 Å². The highest BCUT2D eigenvalue weighted by atomic mass is 32.1.